The van der Waals surface area contributed by atoms with Crippen LogP contribution in [-0.4, -0.2) is 56.3 Å². The number of hydrogen-bond donors (Lipinski definition) is 0. The lowest BCUT2D eigenvalue weighted by Crippen LogP contribution is -2.39. The minimum absolute atomic E-state index is 0.0617. The molecule has 1 fully saturated rings. The first kappa shape index (κ1) is 24.7. The van der Waals surface area contributed by atoms with Crippen molar-refractivity contribution in [3.63, 3.8) is 0 Å². The fourth-order valence-corrected chi connectivity index (χ4v) is 3.94. The van der Waals surface area contributed by atoms with Crippen LogP contribution >= 0.6 is 15.9 Å². The van der Waals surface area contributed by atoms with Crippen molar-refractivity contribution in [3.8, 4) is 23.1 Å². The van der Waals surface area contributed by atoms with Gasteiger partial charge in [-0.25, -0.2) is 9.37 Å². The fourth-order valence-electron chi connectivity index (χ4n) is 3.61. The van der Waals surface area contributed by atoms with Crippen molar-refractivity contribution in [2.75, 3.05) is 40.5 Å². The van der Waals surface area contributed by atoms with Gasteiger partial charge in [-0.3, -0.25) is 4.79 Å². The molecule has 0 spiro atoms. The van der Waals surface area contributed by atoms with Crippen LogP contribution in [0.25, 0.3) is 5.57 Å². The number of nitrogens with zero attached hydrogens (tertiary/aromatic N) is 2. The number of halogens is 2. The van der Waals surface area contributed by atoms with Crippen LogP contribution in [0.5, 0.6) is 23.1 Å². The lowest BCUT2D eigenvalue weighted by atomic mass is 9.98. The number of hydrogen-bond acceptors (Lipinski definition) is 6. The zero-order valence-corrected chi connectivity index (χ0v) is 20.9. The number of benzene rings is 2. The van der Waals surface area contributed by atoms with E-state index in [2.05, 4.69) is 20.9 Å². The summed E-state index contributed by atoms with van der Waals surface area (Å²) in [6, 6.07) is 13.4. The minimum Gasteiger partial charge on any atom is -0.493 e. The second-order valence-corrected chi connectivity index (χ2v) is 8.54. The van der Waals surface area contributed by atoms with E-state index in [0.717, 1.165) is 5.56 Å². The first-order valence-electron chi connectivity index (χ1n) is 10.9. The van der Waals surface area contributed by atoms with Crippen molar-refractivity contribution in [2.24, 2.45) is 0 Å². The summed E-state index contributed by atoms with van der Waals surface area (Å²) in [5.74, 6) is 0.761. The molecule has 1 aliphatic heterocycles. The molecule has 0 atom stereocenters. The van der Waals surface area contributed by atoms with Crippen molar-refractivity contribution in [2.45, 2.75) is 0 Å². The van der Waals surface area contributed by atoms with Gasteiger partial charge in [0.15, 0.2) is 23.1 Å². The Hall–Kier alpha value is -3.43. The zero-order valence-electron chi connectivity index (χ0n) is 19.3. The highest BCUT2D eigenvalue weighted by atomic mass is 79.9. The molecule has 2 aromatic carbocycles. The van der Waals surface area contributed by atoms with E-state index in [4.69, 9.17) is 18.9 Å². The Morgan fingerprint density at radius 2 is 1.71 bits per heavy atom. The van der Waals surface area contributed by atoms with Crippen LogP contribution in [0.2, 0.25) is 0 Å². The van der Waals surface area contributed by atoms with Crippen LogP contribution in [0.3, 0.4) is 0 Å². The van der Waals surface area contributed by atoms with Gasteiger partial charge in [0, 0.05) is 41.5 Å². The van der Waals surface area contributed by atoms with Crippen LogP contribution < -0.4 is 14.2 Å². The summed E-state index contributed by atoms with van der Waals surface area (Å²) < 4.78 is 36.5. The van der Waals surface area contributed by atoms with E-state index in [0.29, 0.717) is 53.4 Å². The van der Waals surface area contributed by atoms with E-state index in [9.17, 15) is 9.18 Å². The van der Waals surface area contributed by atoms with Crippen LogP contribution in [0.1, 0.15) is 11.1 Å². The average molecular weight is 543 g/mol. The number of methoxy groups -OCH3 is 2. The maximum absolute atomic E-state index is 14.2. The molecule has 0 bridgehead atoms. The summed E-state index contributed by atoms with van der Waals surface area (Å²) in [7, 11) is 3.12. The van der Waals surface area contributed by atoms with Crippen molar-refractivity contribution >= 4 is 27.4 Å². The maximum atomic E-state index is 14.2. The standard InChI is InChI=1S/C26H24BrFN2O5/c1-32-23-6-3-17(13-24(23)33-2)20(15-26(31)30-9-11-34-12-10-30)18-4-8-25(29-16-18)35-22-7-5-19(27)14-21(22)28/h3-8,13-16H,9-12H2,1-2H3. The van der Waals surface area contributed by atoms with E-state index >= 15 is 0 Å². The maximum Gasteiger partial charge on any atom is 0.247 e. The van der Waals surface area contributed by atoms with Crippen LogP contribution in [0.4, 0.5) is 4.39 Å². The topological polar surface area (TPSA) is 70.1 Å². The molecule has 9 heteroatoms. The third kappa shape index (κ3) is 5.98. The minimum atomic E-state index is -0.507. The lowest BCUT2D eigenvalue weighted by molar-refractivity contribution is -0.129. The van der Waals surface area contributed by atoms with Gasteiger partial charge >= 0.3 is 0 Å². The number of amides is 1. The largest absolute Gasteiger partial charge is 0.493 e. The molecular weight excluding hydrogens is 519 g/mol. The zero-order chi connectivity index (χ0) is 24.8. The van der Waals surface area contributed by atoms with Gasteiger partial charge in [0.2, 0.25) is 11.8 Å². The van der Waals surface area contributed by atoms with Crippen LogP contribution in [-0.2, 0) is 9.53 Å². The van der Waals surface area contributed by atoms with Gasteiger partial charge in [-0.15, -0.1) is 0 Å². The third-order valence-electron chi connectivity index (χ3n) is 5.44. The van der Waals surface area contributed by atoms with Gasteiger partial charge in [-0.1, -0.05) is 22.0 Å². The van der Waals surface area contributed by atoms with Gasteiger partial charge in [-0.2, -0.15) is 0 Å². The van der Waals surface area contributed by atoms with Crippen molar-refractivity contribution < 1.29 is 28.1 Å². The predicted octanol–water partition coefficient (Wildman–Crippen LogP) is 5.08. The van der Waals surface area contributed by atoms with E-state index < -0.39 is 5.82 Å². The highest BCUT2D eigenvalue weighted by Crippen LogP contribution is 2.34. The normalized spacial score (nSPS) is 13.9. The molecule has 182 valence electrons. The number of carbonyl (C=O) groups excluding carboxylic acids is 1. The number of rotatable bonds is 7. The second kappa shape index (κ2) is 11.3. The Kier molecular flexibility index (Phi) is 7.99. The molecule has 1 aromatic heterocycles. The number of morpholine rings is 1. The van der Waals surface area contributed by atoms with E-state index in [1.54, 1.807) is 61.7 Å². The average Bonchev–Trinajstić information content (AvgIpc) is 2.89. The molecule has 1 aliphatic rings. The molecule has 1 amide bonds. The monoisotopic (exact) mass is 542 g/mol. The predicted molar refractivity (Wildman–Crippen MR) is 132 cm³/mol. The summed E-state index contributed by atoms with van der Waals surface area (Å²) in [6.07, 6.45) is 3.17. The summed E-state index contributed by atoms with van der Waals surface area (Å²) in [4.78, 5) is 19.1. The fraction of sp³-hybridized carbons (Fsp3) is 0.231. The summed E-state index contributed by atoms with van der Waals surface area (Å²) in [6.45, 7) is 2.06. The lowest BCUT2D eigenvalue weighted by Gasteiger charge is -2.26. The SMILES string of the molecule is COc1ccc(C(=CC(=O)N2CCOCC2)c2ccc(Oc3ccc(Br)cc3F)nc2)cc1OC. The quantitative estimate of drug-likeness (QED) is 0.387. The Morgan fingerprint density at radius 3 is 2.37 bits per heavy atom. The van der Waals surface area contributed by atoms with Crippen molar-refractivity contribution in [1.29, 1.82) is 0 Å². The summed E-state index contributed by atoms with van der Waals surface area (Å²) in [5, 5.41) is 0. The van der Waals surface area contributed by atoms with Gasteiger partial charge in [-0.05, 0) is 47.5 Å². The van der Waals surface area contributed by atoms with Gasteiger partial charge in [0.25, 0.3) is 0 Å². The van der Waals surface area contributed by atoms with Crippen LogP contribution in [0.15, 0.2) is 65.3 Å². The molecule has 3 aromatic rings. The smallest absolute Gasteiger partial charge is 0.247 e. The second-order valence-electron chi connectivity index (χ2n) is 7.63. The first-order valence-corrected chi connectivity index (χ1v) is 11.7. The molecule has 0 unspecified atom stereocenters. The number of ether oxygens (including phenoxy) is 4. The number of pyridine rings is 1. The molecule has 4 rings (SSSR count). The van der Waals surface area contributed by atoms with Gasteiger partial charge in [0.05, 0.1) is 27.4 Å². The van der Waals surface area contributed by atoms with Crippen LogP contribution in [0, 0.1) is 5.82 Å². The van der Waals surface area contributed by atoms with E-state index in [1.807, 2.05) is 6.07 Å². The van der Waals surface area contributed by atoms with Gasteiger partial charge < -0.3 is 23.8 Å². The van der Waals surface area contributed by atoms with E-state index in [-0.39, 0.29) is 17.5 Å². The Labute approximate surface area is 211 Å². The first-order chi connectivity index (χ1) is 17.0. The Morgan fingerprint density at radius 1 is 1.00 bits per heavy atom. The highest BCUT2D eigenvalue weighted by Gasteiger charge is 2.18. The molecule has 0 N–H and O–H groups in total. The summed E-state index contributed by atoms with van der Waals surface area (Å²) >= 11 is 3.22. The van der Waals surface area contributed by atoms with Gasteiger partial charge in [0.1, 0.15) is 0 Å². The number of aromatic nitrogens is 1. The molecule has 0 radical (unpaired) electrons. The third-order valence-corrected chi connectivity index (χ3v) is 5.93. The Bertz CT molecular complexity index is 1230. The molecule has 1 saturated heterocycles. The van der Waals surface area contributed by atoms with Crippen molar-refractivity contribution in [1.82, 2.24) is 9.88 Å². The Balaban J connectivity index is 1.67. The molecule has 35 heavy (non-hydrogen) atoms. The molecule has 0 aliphatic carbocycles. The number of carbonyl (C=O) groups is 1. The molecule has 2 heterocycles. The van der Waals surface area contributed by atoms with Crippen molar-refractivity contribution in [3.05, 3.63) is 82.2 Å². The molecule has 7 nitrogen and oxygen atoms in total. The molecular formula is C26H24BrFN2O5. The van der Waals surface area contributed by atoms with E-state index in [1.165, 1.54) is 12.1 Å². The highest BCUT2D eigenvalue weighted by molar-refractivity contribution is 9.10. The summed E-state index contributed by atoms with van der Waals surface area (Å²) in [5.41, 5.74) is 2.08. The molecule has 0 saturated carbocycles.